The van der Waals surface area contributed by atoms with Crippen molar-refractivity contribution in [3.63, 3.8) is 0 Å². The number of carbonyl (C=O) groups excluding carboxylic acids is 1. The van der Waals surface area contributed by atoms with Crippen LogP contribution in [0.1, 0.15) is 85.5 Å². The predicted octanol–water partition coefficient (Wildman–Crippen LogP) is 6.23. The third-order valence-corrected chi connectivity index (χ3v) is 8.01. The van der Waals surface area contributed by atoms with E-state index in [0.717, 1.165) is 45.1 Å². The molecule has 3 aliphatic rings. The molecule has 2 fully saturated rings. The van der Waals surface area contributed by atoms with Gasteiger partial charge in [0.15, 0.2) is 6.29 Å². The summed E-state index contributed by atoms with van der Waals surface area (Å²) in [5.74, 6) is 1.11. The van der Waals surface area contributed by atoms with Crippen molar-refractivity contribution in [2.75, 3.05) is 13.2 Å². The number of aldehydes is 1. The highest BCUT2D eigenvalue weighted by Gasteiger charge is 2.49. The maximum Gasteiger partial charge on any atom is 0.157 e. The van der Waals surface area contributed by atoms with Gasteiger partial charge in [-0.25, -0.2) is 0 Å². The Hall–Kier alpha value is -0.930. The molecule has 0 spiro atoms. The molecule has 3 rings (SSSR count). The average molecular weight is 389 g/mol. The second-order valence-corrected chi connectivity index (χ2v) is 9.95. The molecule has 2 aliphatic carbocycles. The van der Waals surface area contributed by atoms with Crippen LogP contribution in [0.4, 0.5) is 0 Å². The lowest BCUT2D eigenvalue weighted by Gasteiger charge is -2.52. The van der Waals surface area contributed by atoms with Gasteiger partial charge in [-0.15, -0.1) is 0 Å². The van der Waals surface area contributed by atoms with Crippen LogP contribution < -0.4 is 0 Å². The zero-order chi connectivity index (χ0) is 20.2. The van der Waals surface area contributed by atoms with E-state index >= 15 is 0 Å². The van der Waals surface area contributed by atoms with Gasteiger partial charge in [-0.05, 0) is 82.0 Å². The van der Waals surface area contributed by atoms with E-state index in [9.17, 15) is 4.79 Å². The Balaban J connectivity index is 1.60. The van der Waals surface area contributed by atoms with E-state index in [4.69, 9.17) is 9.47 Å². The molecule has 1 heterocycles. The summed E-state index contributed by atoms with van der Waals surface area (Å²) in [6.45, 7) is 10.8. The first-order valence-electron chi connectivity index (χ1n) is 11.4. The minimum Gasteiger partial charge on any atom is -0.353 e. The molecule has 0 aromatic carbocycles. The Labute approximate surface area is 171 Å². The standard InChI is InChI=1S/C25H40O3/c1-19(13-17-28-23-9-5-6-16-27-23)12-15-25(4)20(2)10-11-21-22(25)8-7-14-24(21,3)18-26/h8,13,18,20-21,23H,5-7,9-12,14-17H2,1-4H3/b19-13+/t20-,21+,23?,24-,25+/m1/s1. The highest BCUT2D eigenvalue weighted by atomic mass is 16.7. The summed E-state index contributed by atoms with van der Waals surface area (Å²) in [5, 5.41) is 0. The molecule has 0 aromatic heterocycles. The van der Waals surface area contributed by atoms with Crippen LogP contribution in [0.5, 0.6) is 0 Å². The van der Waals surface area contributed by atoms with E-state index in [-0.39, 0.29) is 17.1 Å². The van der Waals surface area contributed by atoms with E-state index in [1.807, 2.05) is 0 Å². The molecule has 0 bridgehead atoms. The quantitative estimate of drug-likeness (QED) is 0.383. The van der Waals surface area contributed by atoms with E-state index in [1.165, 1.54) is 31.1 Å². The molecule has 1 saturated carbocycles. The molecule has 3 heteroatoms. The lowest BCUT2D eigenvalue weighted by molar-refractivity contribution is -0.155. The number of carbonyl (C=O) groups is 1. The molecule has 158 valence electrons. The first-order valence-corrected chi connectivity index (χ1v) is 11.4. The fraction of sp³-hybridized carbons (Fsp3) is 0.800. The summed E-state index contributed by atoms with van der Waals surface area (Å²) in [6, 6.07) is 0. The maximum atomic E-state index is 11.9. The van der Waals surface area contributed by atoms with Gasteiger partial charge in [-0.3, -0.25) is 0 Å². The Morgan fingerprint density at radius 2 is 2.11 bits per heavy atom. The Morgan fingerprint density at radius 1 is 1.29 bits per heavy atom. The second-order valence-electron chi connectivity index (χ2n) is 9.95. The van der Waals surface area contributed by atoms with Crippen LogP contribution >= 0.6 is 0 Å². The van der Waals surface area contributed by atoms with Crippen molar-refractivity contribution in [2.24, 2.45) is 22.7 Å². The first-order chi connectivity index (χ1) is 13.4. The summed E-state index contributed by atoms with van der Waals surface area (Å²) in [6.07, 6.45) is 16.0. The van der Waals surface area contributed by atoms with Gasteiger partial charge in [0.05, 0.1) is 6.61 Å². The lowest BCUT2D eigenvalue weighted by atomic mass is 9.52. The van der Waals surface area contributed by atoms with Crippen LogP contribution in [0.2, 0.25) is 0 Å². The van der Waals surface area contributed by atoms with Gasteiger partial charge < -0.3 is 14.3 Å². The zero-order valence-electron chi connectivity index (χ0n) is 18.5. The van der Waals surface area contributed by atoms with Gasteiger partial charge in [-0.2, -0.15) is 0 Å². The van der Waals surface area contributed by atoms with Gasteiger partial charge in [-0.1, -0.05) is 44.1 Å². The first kappa shape index (κ1) is 21.8. The number of allylic oxidation sites excluding steroid dienone is 3. The van der Waals surface area contributed by atoms with Crippen molar-refractivity contribution in [2.45, 2.75) is 91.8 Å². The number of ether oxygens (including phenoxy) is 2. The fourth-order valence-corrected chi connectivity index (χ4v) is 5.58. The number of fused-ring (bicyclic) bond motifs is 1. The van der Waals surface area contributed by atoms with Crippen molar-refractivity contribution < 1.29 is 14.3 Å². The van der Waals surface area contributed by atoms with E-state index in [1.54, 1.807) is 5.57 Å². The predicted molar refractivity (Wildman–Crippen MR) is 114 cm³/mol. The van der Waals surface area contributed by atoms with E-state index in [0.29, 0.717) is 18.4 Å². The molecular weight excluding hydrogens is 348 g/mol. The third kappa shape index (κ3) is 4.62. The van der Waals surface area contributed by atoms with Crippen molar-refractivity contribution in [1.29, 1.82) is 0 Å². The van der Waals surface area contributed by atoms with Crippen LogP contribution in [-0.2, 0) is 14.3 Å². The van der Waals surface area contributed by atoms with Crippen LogP contribution in [-0.4, -0.2) is 25.8 Å². The molecule has 1 aliphatic heterocycles. The molecule has 1 unspecified atom stereocenters. The third-order valence-electron chi connectivity index (χ3n) is 8.01. The Morgan fingerprint density at radius 3 is 2.82 bits per heavy atom. The summed E-state index contributed by atoms with van der Waals surface area (Å²) in [7, 11) is 0. The highest BCUT2D eigenvalue weighted by Crippen LogP contribution is 2.57. The van der Waals surface area contributed by atoms with Gasteiger partial charge in [0.2, 0.25) is 0 Å². The van der Waals surface area contributed by atoms with Gasteiger partial charge in [0.25, 0.3) is 0 Å². The van der Waals surface area contributed by atoms with Crippen LogP contribution in [0.15, 0.2) is 23.3 Å². The summed E-state index contributed by atoms with van der Waals surface area (Å²) < 4.78 is 11.5. The molecule has 0 aromatic rings. The van der Waals surface area contributed by atoms with Crippen molar-refractivity contribution in [3.8, 4) is 0 Å². The van der Waals surface area contributed by atoms with Gasteiger partial charge >= 0.3 is 0 Å². The normalized spacial score (nSPS) is 39.2. The molecule has 3 nitrogen and oxygen atoms in total. The van der Waals surface area contributed by atoms with Crippen molar-refractivity contribution in [3.05, 3.63) is 23.3 Å². The summed E-state index contributed by atoms with van der Waals surface area (Å²) in [4.78, 5) is 11.9. The molecule has 1 saturated heterocycles. The maximum absolute atomic E-state index is 11.9. The number of hydrogen-bond acceptors (Lipinski definition) is 3. The van der Waals surface area contributed by atoms with Crippen molar-refractivity contribution >= 4 is 6.29 Å². The summed E-state index contributed by atoms with van der Waals surface area (Å²) in [5.41, 5.74) is 3.02. The molecule has 0 amide bonds. The average Bonchev–Trinajstić information content (AvgIpc) is 2.71. The number of rotatable bonds is 7. The van der Waals surface area contributed by atoms with E-state index in [2.05, 4.69) is 39.8 Å². The lowest BCUT2D eigenvalue weighted by Crippen LogP contribution is -2.44. The number of hydrogen-bond donors (Lipinski definition) is 0. The zero-order valence-corrected chi connectivity index (χ0v) is 18.5. The van der Waals surface area contributed by atoms with Crippen molar-refractivity contribution in [1.82, 2.24) is 0 Å². The van der Waals surface area contributed by atoms with Crippen LogP contribution in [0.25, 0.3) is 0 Å². The smallest absolute Gasteiger partial charge is 0.157 e. The van der Waals surface area contributed by atoms with Crippen LogP contribution in [0, 0.1) is 22.7 Å². The second kappa shape index (κ2) is 9.26. The molecule has 28 heavy (non-hydrogen) atoms. The Kier molecular flexibility index (Phi) is 7.20. The van der Waals surface area contributed by atoms with Gasteiger partial charge in [0, 0.05) is 12.0 Å². The highest BCUT2D eigenvalue weighted by molar-refractivity contribution is 5.61. The topological polar surface area (TPSA) is 35.5 Å². The molecular formula is C25H40O3. The minimum atomic E-state index is -0.162. The largest absolute Gasteiger partial charge is 0.353 e. The van der Waals surface area contributed by atoms with Gasteiger partial charge in [0.1, 0.15) is 6.29 Å². The van der Waals surface area contributed by atoms with Crippen LogP contribution in [0.3, 0.4) is 0 Å². The van der Waals surface area contributed by atoms with E-state index < -0.39 is 0 Å². The fourth-order valence-electron chi connectivity index (χ4n) is 5.58. The Bertz CT molecular complexity index is 601. The molecule has 0 N–H and O–H groups in total. The molecule has 5 atom stereocenters. The SMILES string of the molecule is C/C(=C\COC1CCCCO1)CC[C@]1(C)C2=CCC[C@](C)(C=O)[C@H]2CC[C@H]1C. The monoisotopic (exact) mass is 388 g/mol. The molecule has 0 radical (unpaired) electrons. The summed E-state index contributed by atoms with van der Waals surface area (Å²) >= 11 is 0. The minimum absolute atomic E-state index is 0.0112.